The molecular weight excluding hydrogens is 588 g/mol. The number of allylic oxidation sites excluding steroid dienone is 12. The highest BCUT2D eigenvalue weighted by Crippen LogP contribution is 2.05. The molecule has 2 unspecified atom stereocenters. The number of methoxy groups -OCH3 is 1. The van der Waals surface area contributed by atoms with E-state index < -0.39 is 36.5 Å². The van der Waals surface area contributed by atoms with Crippen LogP contribution in [0.4, 0.5) is 0 Å². The van der Waals surface area contributed by atoms with Gasteiger partial charge in [-0.15, -0.1) is 0 Å². The van der Waals surface area contributed by atoms with Gasteiger partial charge in [0.1, 0.15) is 12.6 Å². The van der Waals surface area contributed by atoms with Crippen molar-refractivity contribution in [3.05, 3.63) is 102 Å². The van der Waals surface area contributed by atoms with Crippen molar-refractivity contribution in [3.63, 3.8) is 0 Å². The lowest BCUT2D eigenvalue weighted by molar-refractivity contribution is -0.613. The van der Waals surface area contributed by atoms with E-state index in [1.54, 1.807) is 0 Å². The van der Waals surface area contributed by atoms with Crippen molar-refractivity contribution in [3.8, 4) is 0 Å². The van der Waals surface area contributed by atoms with E-state index in [4.69, 9.17) is 9.47 Å². The summed E-state index contributed by atoms with van der Waals surface area (Å²) in [7, 11) is 1.11. The van der Waals surface area contributed by atoms with E-state index >= 15 is 0 Å². The lowest BCUT2D eigenvalue weighted by Crippen LogP contribution is -2.50. The summed E-state index contributed by atoms with van der Waals surface area (Å²) >= 11 is 0. The zero-order valence-corrected chi connectivity index (χ0v) is 27.4. The number of nitrogens with zero attached hydrogens (tertiary/aromatic N) is 2. The molecule has 0 bridgehead atoms. The van der Waals surface area contributed by atoms with Gasteiger partial charge in [-0.2, -0.15) is 4.73 Å². The SMILES string of the molecule is CCC=CCC=CCC=CCC=CCC=CCC=CCCC(=O)NCC(=O)OC(C)C(NC(=O)c1c[n+]([O-])c(C)cn1)C(=O)OC. The Bertz CT molecular complexity index is 1280. The summed E-state index contributed by atoms with van der Waals surface area (Å²) in [6.45, 7) is 4.63. The van der Waals surface area contributed by atoms with Crippen LogP contribution in [0.1, 0.15) is 81.4 Å². The number of nitrogens with one attached hydrogen (secondary N) is 2. The Hall–Kier alpha value is -4.80. The van der Waals surface area contributed by atoms with Crippen LogP contribution in [0, 0.1) is 12.1 Å². The zero-order chi connectivity index (χ0) is 34.0. The third-order valence-electron chi connectivity index (χ3n) is 6.30. The predicted octanol–water partition coefficient (Wildman–Crippen LogP) is 4.82. The van der Waals surface area contributed by atoms with Crippen LogP contribution in [0.3, 0.4) is 0 Å². The van der Waals surface area contributed by atoms with Crippen molar-refractivity contribution in [1.82, 2.24) is 15.6 Å². The Kier molecular flexibility index (Phi) is 20.9. The number of ether oxygens (including phenoxy) is 2. The Balaban J connectivity index is 2.27. The monoisotopic (exact) mass is 636 g/mol. The van der Waals surface area contributed by atoms with E-state index in [0.717, 1.165) is 51.8 Å². The third kappa shape index (κ3) is 18.1. The summed E-state index contributed by atoms with van der Waals surface area (Å²) in [5.41, 5.74) is 0.0509. The van der Waals surface area contributed by atoms with E-state index in [-0.39, 0.29) is 23.7 Å². The molecule has 0 fully saturated rings. The van der Waals surface area contributed by atoms with E-state index in [1.807, 2.05) is 12.2 Å². The van der Waals surface area contributed by atoms with Crippen molar-refractivity contribution in [2.75, 3.05) is 13.7 Å². The minimum Gasteiger partial charge on any atom is -0.618 e. The van der Waals surface area contributed by atoms with Crippen LogP contribution in [0.25, 0.3) is 0 Å². The largest absolute Gasteiger partial charge is 0.618 e. The molecule has 11 heteroatoms. The highest BCUT2D eigenvalue weighted by molar-refractivity contribution is 5.95. The number of aryl methyl sites for hydroxylation is 1. The summed E-state index contributed by atoms with van der Waals surface area (Å²) in [6, 6.07) is -1.37. The maximum absolute atomic E-state index is 12.5. The number of hydrogen-bond acceptors (Lipinski definition) is 8. The van der Waals surface area contributed by atoms with Crippen LogP contribution < -0.4 is 15.4 Å². The molecule has 11 nitrogen and oxygen atoms in total. The van der Waals surface area contributed by atoms with Gasteiger partial charge in [0.05, 0.1) is 13.3 Å². The maximum Gasteiger partial charge on any atom is 0.332 e. The maximum atomic E-state index is 12.5. The standard InChI is InChI=1S/C35H48N4O7/c1-5-6-7-8-9-10-11-12-13-14-15-16-17-18-19-20-21-22-23-24-31(40)37-26-32(41)46-29(3)33(35(43)45-4)38-34(42)30-27-39(44)28(2)25-36-30/h6-7,9-10,12-13,15-16,18-19,21-22,25,27,29,33H,5,8,11,14,17,20,23-24,26H2,1-4H3,(H,37,40)(H,38,42). The van der Waals surface area contributed by atoms with Crippen LogP contribution in [0.15, 0.2) is 85.3 Å². The molecule has 2 amide bonds. The smallest absolute Gasteiger partial charge is 0.332 e. The van der Waals surface area contributed by atoms with Gasteiger partial charge in [-0.3, -0.25) is 14.4 Å². The Labute approximate surface area is 272 Å². The third-order valence-corrected chi connectivity index (χ3v) is 6.30. The van der Waals surface area contributed by atoms with Crippen molar-refractivity contribution < 1.29 is 33.4 Å². The van der Waals surface area contributed by atoms with Crippen LogP contribution in [-0.4, -0.2) is 54.5 Å². The average Bonchev–Trinajstić information content (AvgIpc) is 3.04. The van der Waals surface area contributed by atoms with Gasteiger partial charge in [-0.25, -0.2) is 9.78 Å². The van der Waals surface area contributed by atoms with E-state index in [9.17, 15) is 24.4 Å². The average molecular weight is 637 g/mol. The summed E-state index contributed by atoms with van der Waals surface area (Å²) in [4.78, 5) is 53.0. The number of rotatable bonds is 21. The Morgan fingerprint density at radius 1 is 0.891 bits per heavy atom. The molecule has 1 aromatic heterocycles. The molecule has 0 aliphatic rings. The van der Waals surface area contributed by atoms with Crippen LogP contribution >= 0.6 is 0 Å². The van der Waals surface area contributed by atoms with E-state index in [2.05, 4.69) is 83.3 Å². The molecule has 0 saturated heterocycles. The van der Waals surface area contributed by atoms with E-state index in [0.29, 0.717) is 11.2 Å². The molecular formula is C35H48N4O7. The highest BCUT2D eigenvalue weighted by atomic mass is 16.6. The van der Waals surface area contributed by atoms with Crippen molar-refractivity contribution >= 4 is 23.8 Å². The normalized spacial score (nSPS) is 13.3. The van der Waals surface area contributed by atoms with Gasteiger partial charge < -0.3 is 25.3 Å². The lowest BCUT2D eigenvalue weighted by Gasteiger charge is -2.22. The number of hydrogen-bond donors (Lipinski definition) is 2. The summed E-state index contributed by atoms with van der Waals surface area (Å²) in [5, 5.41) is 16.6. The van der Waals surface area contributed by atoms with E-state index in [1.165, 1.54) is 20.0 Å². The predicted molar refractivity (Wildman–Crippen MR) is 177 cm³/mol. The second-order valence-corrected chi connectivity index (χ2v) is 10.1. The first-order chi connectivity index (χ1) is 22.2. The number of amides is 2. The van der Waals surface area contributed by atoms with Crippen molar-refractivity contribution in [2.24, 2.45) is 0 Å². The fraction of sp³-hybridized carbons (Fsp3) is 0.429. The molecule has 0 aliphatic heterocycles. The first kappa shape index (κ1) is 39.2. The molecule has 0 aromatic carbocycles. The van der Waals surface area contributed by atoms with Gasteiger partial charge >= 0.3 is 11.9 Å². The minimum atomic E-state index is -1.37. The quantitative estimate of drug-likeness (QED) is 0.0844. The van der Waals surface area contributed by atoms with Gasteiger partial charge in [-0.1, -0.05) is 79.8 Å². The number of esters is 2. The first-order valence-corrected chi connectivity index (χ1v) is 15.5. The molecule has 46 heavy (non-hydrogen) atoms. The van der Waals surface area contributed by atoms with Gasteiger partial charge in [-0.05, 0) is 51.9 Å². The minimum absolute atomic E-state index is 0.190. The fourth-order valence-electron chi connectivity index (χ4n) is 3.72. The van der Waals surface area contributed by atoms with Crippen molar-refractivity contribution in [1.29, 1.82) is 0 Å². The van der Waals surface area contributed by atoms with Gasteiger partial charge in [0.2, 0.25) is 17.8 Å². The summed E-state index contributed by atoms with van der Waals surface area (Å²) < 4.78 is 10.4. The molecule has 1 heterocycles. The number of aromatic nitrogens is 2. The Morgan fingerprint density at radius 3 is 1.91 bits per heavy atom. The molecule has 250 valence electrons. The highest BCUT2D eigenvalue weighted by Gasteiger charge is 2.32. The second kappa shape index (κ2) is 24.5. The van der Waals surface area contributed by atoms with Crippen LogP contribution in [-0.2, 0) is 23.9 Å². The first-order valence-electron chi connectivity index (χ1n) is 15.5. The number of carbonyl (C=O) groups excluding carboxylic acids is 4. The molecule has 0 saturated carbocycles. The molecule has 0 spiro atoms. The van der Waals surface area contributed by atoms with Gasteiger partial charge in [0, 0.05) is 13.3 Å². The molecule has 1 aromatic rings. The van der Waals surface area contributed by atoms with Crippen LogP contribution in [0.5, 0.6) is 0 Å². The van der Waals surface area contributed by atoms with Gasteiger partial charge in [0.15, 0.2) is 11.7 Å². The van der Waals surface area contributed by atoms with Crippen molar-refractivity contribution in [2.45, 2.75) is 84.3 Å². The Morgan fingerprint density at radius 2 is 1.41 bits per heavy atom. The van der Waals surface area contributed by atoms with Gasteiger partial charge in [0.25, 0.3) is 5.91 Å². The topological polar surface area (TPSA) is 151 Å². The summed E-state index contributed by atoms with van der Waals surface area (Å²) in [5.74, 6) is -2.83. The summed E-state index contributed by atoms with van der Waals surface area (Å²) in [6.07, 6.45) is 32.6. The molecule has 0 radical (unpaired) electrons. The zero-order valence-electron chi connectivity index (χ0n) is 27.4. The molecule has 2 atom stereocenters. The molecule has 2 N–H and O–H groups in total. The lowest BCUT2D eigenvalue weighted by atomic mass is 10.1. The molecule has 1 rings (SSSR count). The van der Waals surface area contributed by atoms with Crippen LogP contribution in [0.2, 0.25) is 0 Å². The second-order valence-electron chi connectivity index (χ2n) is 10.1. The molecule has 0 aliphatic carbocycles. The number of carbonyl (C=O) groups is 4. The fourth-order valence-corrected chi connectivity index (χ4v) is 3.72.